The van der Waals surface area contributed by atoms with Crippen molar-refractivity contribution in [1.82, 2.24) is 19.6 Å². The van der Waals surface area contributed by atoms with Gasteiger partial charge in [0.1, 0.15) is 11.5 Å². The minimum absolute atomic E-state index is 0.124. The summed E-state index contributed by atoms with van der Waals surface area (Å²) in [6.07, 6.45) is 0.301. The number of hydrogen-bond acceptors (Lipinski definition) is 7. The quantitative estimate of drug-likeness (QED) is 0.490. The molecular formula is C19H20F2N6O2S. The van der Waals surface area contributed by atoms with Crippen LogP contribution in [0.4, 0.5) is 14.6 Å². The summed E-state index contributed by atoms with van der Waals surface area (Å²) in [5.41, 5.74) is 1.49. The number of pyridine rings is 1. The van der Waals surface area contributed by atoms with E-state index in [1.807, 2.05) is 11.0 Å². The van der Waals surface area contributed by atoms with Crippen molar-refractivity contribution in [3.05, 3.63) is 42.4 Å². The molecular weight excluding hydrogens is 414 g/mol. The number of nitrogens with one attached hydrogen (secondary N) is 1. The third-order valence-electron chi connectivity index (χ3n) is 4.79. The van der Waals surface area contributed by atoms with Crippen molar-refractivity contribution in [2.75, 3.05) is 30.3 Å². The molecule has 1 fully saturated rings. The Kier molecular flexibility index (Phi) is 5.82. The van der Waals surface area contributed by atoms with Gasteiger partial charge in [0.05, 0.1) is 46.2 Å². The van der Waals surface area contributed by atoms with E-state index >= 15 is 0 Å². The third-order valence-corrected chi connectivity index (χ3v) is 6.15. The number of halogens is 2. The van der Waals surface area contributed by atoms with Crippen LogP contribution in [0.2, 0.25) is 0 Å². The summed E-state index contributed by atoms with van der Waals surface area (Å²) in [6.45, 7) is 3.09. The molecule has 0 amide bonds. The molecule has 0 spiro atoms. The highest BCUT2D eigenvalue weighted by molar-refractivity contribution is 8.00. The predicted octanol–water partition coefficient (Wildman–Crippen LogP) is 2.68. The van der Waals surface area contributed by atoms with Gasteiger partial charge in [0.15, 0.2) is 5.65 Å². The number of nitrogens with zero attached hydrogens (tertiary/aromatic N) is 5. The molecule has 3 aromatic heterocycles. The van der Waals surface area contributed by atoms with Gasteiger partial charge < -0.3 is 9.64 Å². The zero-order chi connectivity index (χ0) is 21.3. The maximum atomic E-state index is 13.1. The van der Waals surface area contributed by atoms with Crippen LogP contribution in [0.3, 0.4) is 0 Å². The number of hydrogen-bond donors (Lipinski definition) is 1. The largest absolute Gasteiger partial charge is 0.374 e. The van der Waals surface area contributed by atoms with E-state index in [-0.39, 0.29) is 22.6 Å². The van der Waals surface area contributed by atoms with E-state index in [1.54, 1.807) is 18.5 Å². The lowest BCUT2D eigenvalue weighted by Crippen LogP contribution is -2.45. The summed E-state index contributed by atoms with van der Waals surface area (Å²) in [6, 6.07) is 6.40. The highest BCUT2D eigenvalue weighted by Crippen LogP contribution is 2.26. The van der Waals surface area contributed by atoms with Crippen molar-refractivity contribution in [2.24, 2.45) is 0 Å². The Bertz CT molecular complexity index is 1110. The van der Waals surface area contributed by atoms with E-state index in [1.165, 1.54) is 23.6 Å². The first-order valence-corrected chi connectivity index (χ1v) is 10.6. The Morgan fingerprint density at radius 1 is 1.37 bits per heavy atom. The van der Waals surface area contributed by atoms with Gasteiger partial charge >= 0.3 is 0 Å². The number of anilines is 1. The molecule has 0 radical (unpaired) electrons. The Morgan fingerprint density at radius 2 is 2.20 bits per heavy atom. The average Bonchev–Trinajstić information content (AvgIpc) is 3.17. The van der Waals surface area contributed by atoms with Gasteiger partial charge in [-0.05, 0) is 31.2 Å². The Balaban J connectivity index is 1.60. The van der Waals surface area contributed by atoms with Gasteiger partial charge in [-0.3, -0.25) is 9.62 Å². The summed E-state index contributed by atoms with van der Waals surface area (Å²) in [7, 11) is -1.36. The minimum atomic E-state index is -2.67. The highest BCUT2D eigenvalue weighted by Gasteiger charge is 2.24. The summed E-state index contributed by atoms with van der Waals surface area (Å²) < 4.78 is 45.2. The highest BCUT2D eigenvalue weighted by atomic mass is 32.2. The van der Waals surface area contributed by atoms with Crippen LogP contribution in [0.15, 0.2) is 36.7 Å². The van der Waals surface area contributed by atoms with E-state index in [4.69, 9.17) is 10.1 Å². The topological polar surface area (TPSA) is 96.5 Å². The van der Waals surface area contributed by atoms with Crippen LogP contribution < -0.4 is 4.90 Å². The molecule has 158 valence electrons. The fourth-order valence-corrected chi connectivity index (χ4v) is 4.06. The molecule has 0 aromatic carbocycles. The van der Waals surface area contributed by atoms with Crippen LogP contribution in [0.5, 0.6) is 0 Å². The van der Waals surface area contributed by atoms with Crippen LogP contribution >= 0.6 is 0 Å². The van der Waals surface area contributed by atoms with Crippen molar-refractivity contribution in [2.45, 2.75) is 19.5 Å². The minimum Gasteiger partial charge on any atom is -0.374 e. The zero-order valence-corrected chi connectivity index (χ0v) is 17.0. The van der Waals surface area contributed by atoms with Gasteiger partial charge in [-0.25, -0.2) is 23.3 Å². The van der Waals surface area contributed by atoms with Crippen molar-refractivity contribution in [1.29, 1.82) is 5.41 Å². The fraction of sp³-hybridized carbons (Fsp3) is 0.368. The second kappa shape index (κ2) is 8.52. The van der Waals surface area contributed by atoms with E-state index < -0.39 is 17.2 Å². The van der Waals surface area contributed by atoms with Crippen molar-refractivity contribution < 1.29 is 17.7 Å². The molecule has 3 aromatic rings. The number of ether oxygens (including phenoxy) is 1. The summed E-state index contributed by atoms with van der Waals surface area (Å²) in [4.78, 5) is 10.7. The first-order valence-electron chi connectivity index (χ1n) is 9.31. The zero-order valence-electron chi connectivity index (χ0n) is 16.2. The Hall–Kier alpha value is -2.79. The van der Waals surface area contributed by atoms with Crippen LogP contribution in [0.1, 0.15) is 19.0 Å². The van der Waals surface area contributed by atoms with Crippen LogP contribution in [-0.2, 0) is 15.5 Å². The number of fused-ring (bicyclic) bond motifs is 1. The number of alkyl halides is 2. The van der Waals surface area contributed by atoms with Crippen molar-refractivity contribution >= 4 is 27.3 Å². The maximum Gasteiger partial charge on any atom is 0.282 e. The molecule has 0 saturated carbocycles. The van der Waals surface area contributed by atoms with Crippen LogP contribution in [-0.4, -0.2) is 60.4 Å². The normalized spacial score (nSPS) is 18.1. The molecule has 1 aliphatic heterocycles. The maximum absolute atomic E-state index is 13.1. The fourth-order valence-electron chi connectivity index (χ4n) is 3.27. The smallest absolute Gasteiger partial charge is 0.282 e. The number of rotatable bonds is 5. The molecule has 1 N–H and O–H groups in total. The van der Waals surface area contributed by atoms with E-state index in [9.17, 15) is 13.0 Å². The summed E-state index contributed by atoms with van der Waals surface area (Å²) >= 11 is 0. The predicted molar refractivity (Wildman–Crippen MR) is 110 cm³/mol. The van der Waals surface area contributed by atoms with Gasteiger partial charge in [-0.15, -0.1) is 0 Å². The van der Waals surface area contributed by atoms with Crippen LogP contribution in [0, 0.1) is 5.41 Å². The number of imidazole rings is 1. The van der Waals surface area contributed by atoms with Crippen LogP contribution in [0.25, 0.3) is 16.9 Å². The Labute approximate surface area is 173 Å². The summed E-state index contributed by atoms with van der Waals surface area (Å²) in [5, 5.41) is 11.6. The first kappa shape index (κ1) is 20.5. The standard InChI is InChI=1S/C19H20F2N6O2S/c1-12(22)30(28)11-14-10-26(6-7-29-14)18-8-13(4-5-23-18)16-9-24-17-3-2-15(19(20)21)25-27(16)17/h2-5,8-9,14,19,22H,6-7,10-11H2,1H3/t14-,30?/m0/s1. The number of morpholine rings is 1. The van der Waals surface area contributed by atoms with Gasteiger partial charge in [0.2, 0.25) is 0 Å². The second-order valence-electron chi connectivity index (χ2n) is 6.88. The molecule has 1 unspecified atom stereocenters. The molecule has 0 aliphatic carbocycles. The lowest BCUT2D eigenvalue weighted by molar-refractivity contribution is 0.0556. The Morgan fingerprint density at radius 3 is 2.97 bits per heavy atom. The van der Waals surface area contributed by atoms with Crippen molar-refractivity contribution in [3.8, 4) is 11.3 Å². The molecule has 4 heterocycles. The van der Waals surface area contributed by atoms with Gasteiger partial charge in [0.25, 0.3) is 6.43 Å². The molecule has 4 rings (SSSR count). The molecule has 1 saturated heterocycles. The van der Waals surface area contributed by atoms with E-state index in [0.717, 1.165) is 5.56 Å². The van der Waals surface area contributed by atoms with E-state index in [0.29, 0.717) is 36.9 Å². The monoisotopic (exact) mass is 434 g/mol. The average molecular weight is 434 g/mol. The SMILES string of the molecule is CC(=N)S(=O)C[C@@H]1CN(c2cc(-c3cnc4ccc(C(F)F)nn34)ccn2)CCO1. The molecule has 2 atom stereocenters. The molecule has 30 heavy (non-hydrogen) atoms. The molecule has 11 heteroatoms. The lowest BCUT2D eigenvalue weighted by atomic mass is 10.2. The van der Waals surface area contributed by atoms with Gasteiger partial charge in [-0.1, -0.05) is 0 Å². The van der Waals surface area contributed by atoms with E-state index in [2.05, 4.69) is 15.1 Å². The second-order valence-corrected chi connectivity index (χ2v) is 8.52. The van der Waals surface area contributed by atoms with Gasteiger partial charge in [-0.2, -0.15) is 5.10 Å². The molecule has 0 bridgehead atoms. The first-order chi connectivity index (χ1) is 14.4. The van der Waals surface area contributed by atoms with Gasteiger partial charge in [0, 0.05) is 24.8 Å². The summed E-state index contributed by atoms with van der Waals surface area (Å²) in [5.74, 6) is 0.956. The molecule has 1 aliphatic rings. The molecule has 8 nitrogen and oxygen atoms in total. The lowest BCUT2D eigenvalue weighted by Gasteiger charge is -2.33. The van der Waals surface area contributed by atoms with Crippen molar-refractivity contribution in [3.63, 3.8) is 0 Å². The third kappa shape index (κ3) is 4.21. The number of aromatic nitrogens is 4.